The van der Waals surface area contributed by atoms with Crippen LogP contribution in [0.25, 0.3) is 0 Å². The van der Waals surface area contributed by atoms with Gasteiger partial charge in [0.1, 0.15) is 0 Å². The van der Waals surface area contributed by atoms with Gasteiger partial charge in [-0.2, -0.15) is 0 Å². The number of esters is 1. The van der Waals surface area contributed by atoms with Gasteiger partial charge in [-0.3, -0.25) is 4.90 Å². The van der Waals surface area contributed by atoms with Crippen molar-refractivity contribution in [3.8, 4) is 0 Å². The summed E-state index contributed by atoms with van der Waals surface area (Å²) < 4.78 is 5.00. The highest BCUT2D eigenvalue weighted by Crippen LogP contribution is 2.21. The van der Waals surface area contributed by atoms with Crippen LogP contribution >= 0.6 is 0 Å². The van der Waals surface area contributed by atoms with Crippen molar-refractivity contribution in [2.24, 2.45) is 0 Å². The summed E-state index contributed by atoms with van der Waals surface area (Å²) >= 11 is 0. The Morgan fingerprint density at radius 3 is 3.00 bits per heavy atom. The van der Waals surface area contributed by atoms with Gasteiger partial charge in [-0.1, -0.05) is 0 Å². The third-order valence-electron chi connectivity index (χ3n) is 3.66. The Hall–Kier alpha value is -1.37. The number of nitrogens with one attached hydrogen (secondary N) is 1. The van der Waals surface area contributed by atoms with Crippen LogP contribution in [0.2, 0.25) is 0 Å². The van der Waals surface area contributed by atoms with Crippen molar-refractivity contribution in [3.63, 3.8) is 0 Å². The summed E-state index contributed by atoms with van der Waals surface area (Å²) in [5.41, 5.74) is 2.21. The molecule has 1 aromatic rings. The van der Waals surface area contributed by atoms with Gasteiger partial charge in [-0.25, -0.2) is 4.79 Å². The van der Waals surface area contributed by atoms with E-state index < -0.39 is 6.10 Å². The van der Waals surface area contributed by atoms with Gasteiger partial charge < -0.3 is 19.9 Å². The topological polar surface area (TPSA) is 85.8 Å². The summed E-state index contributed by atoms with van der Waals surface area (Å²) in [7, 11) is 0. The van der Waals surface area contributed by atoms with Crippen molar-refractivity contribution in [1.82, 2.24) is 9.88 Å². The highest BCUT2D eigenvalue weighted by atomic mass is 16.5. The Labute approximate surface area is 118 Å². The van der Waals surface area contributed by atoms with E-state index in [0.29, 0.717) is 31.7 Å². The van der Waals surface area contributed by atoms with Gasteiger partial charge in [0, 0.05) is 30.5 Å². The molecule has 20 heavy (non-hydrogen) atoms. The third kappa shape index (κ3) is 3.20. The molecular formula is C14H22N2O4. The molecule has 6 heteroatoms. The lowest BCUT2D eigenvalue weighted by molar-refractivity contribution is 0.0525. The smallest absolute Gasteiger partial charge is 0.339 e. The quantitative estimate of drug-likeness (QED) is 0.682. The lowest BCUT2D eigenvalue weighted by Crippen LogP contribution is -2.32. The van der Waals surface area contributed by atoms with Crippen LogP contribution in [0.5, 0.6) is 0 Å². The molecule has 1 fully saturated rings. The molecule has 0 unspecified atom stereocenters. The second-order valence-electron chi connectivity index (χ2n) is 5.21. The van der Waals surface area contributed by atoms with Crippen LogP contribution in [0, 0.1) is 6.92 Å². The van der Waals surface area contributed by atoms with Crippen molar-refractivity contribution in [2.45, 2.75) is 39.0 Å². The summed E-state index contributed by atoms with van der Waals surface area (Å²) in [5.74, 6) is -0.326. The summed E-state index contributed by atoms with van der Waals surface area (Å²) in [5, 5.41) is 19.0. The zero-order valence-electron chi connectivity index (χ0n) is 11.9. The molecule has 1 aromatic heterocycles. The maximum absolute atomic E-state index is 11.8. The first kappa shape index (κ1) is 15.0. The Morgan fingerprint density at radius 2 is 2.35 bits per heavy atom. The Kier molecular flexibility index (Phi) is 4.80. The summed E-state index contributed by atoms with van der Waals surface area (Å²) in [6, 6.07) is 1.76. The summed E-state index contributed by atoms with van der Waals surface area (Å²) in [6.45, 7) is 5.10. The van der Waals surface area contributed by atoms with Crippen molar-refractivity contribution < 1.29 is 19.7 Å². The number of aliphatic hydroxyl groups excluding tert-OH is 2. The first-order valence-electron chi connectivity index (χ1n) is 6.93. The summed E-state index contributed by atoms with van der Waals surface area (Å²) in [4.78, 5) is 16.9. The molecule has 3 N–H and O–H groups in total. The van der Waals surface area contributed by atoms with E-state index in [1.54, 1.807) is 13.0 Å². The van der Waals surface area contributed by atoms with Gasteiger partial charge in [-0.15, -0.1) is 0 Å². The molecule has 0 bridgehead atoms. The fourth-order valence-electron chi connectivity index (χ4n) is 2.69. The van der Waals surface area contributed by atoms with Crippen LogP contribution < -0.4 is 0 Å². The van der Waals surface area contributed by atoms with Gasteiger partial charge in [0.15, 0.2) is 0 Å². The first-order chi connectivity index (χ1) is 9.55. The van der Waals surface area contributed by atoms with Crippen molar-refractivity contribution >= 4 is 5.97 Å². The summed E-state index contributed by atoms with van der Waals surface area (Å²) in [6.07, 6.45) is 0.189. The van der Waals surface area contributed by atoms with E-state index in [1.165, 1.54) is 0 Å². The number of carbonyl (C=O) groups is 1. The van der Waals surface area contributed by atoms with Crippen molar-refractivity contribution in [1.29, 1.82) is 0 Å². The van der Waals surface area contributed by atoms with E-state index in [4.69, 9.17) is 4.74 Å². The molecule has 6 nitrogen and oxygen atoms in total. The number of likely N-dealkylation sites (tertiary alicyclic amines) is 1. The molecule has 1 aliphatic heterocycles. The molecule has 112 valence electrons. The highest BCUT2D eigenvalue weighted by molar-refractivity contribution is 5.90. The number of aromatic amines is 1. The van der Waals surface area contributed by atoms with E-state index in [0.717, 1.165) is 11.4 Å². The number of H-pyrrole nitrogens is 1. The predicted octanol–water partition coefficient (Wildman–Crippen LogP) is 0.427. The van der Waals surface area contributed by atoms with E-state index in [9.17, 15) is 15.0 Å². The largest absolute Gasteiger partial charge is 0.462 e. The van der Waals surface area contributed by atoms with Crippen LogP contribution in [0.3, 0.4) is 0 Å². The van der Waals surface area contributed by atoms with Gasteiger partial charge in [-0.05, 0) is 26.3 Å². The molecule has 1 aliphatic rings. The molecule has 2 heterocycles. The number of rotatable bonds is 5. The average molecular weight is 282 g/mol. The number of aromatic nitrogens is 1. The molecule has 0 radical (unpaired) electrons. The molecule has 2 rings (SSSR count). The van der Waals surface area contributed by atoms with E-state index in [2.05, 4.69) is 4.98 Å². The maximum Gasteiger partial charge on any atom is 0.339 e. The number of hydrogen-bond donors (Lipinski definition) is 3. The van der Waals surface area contributed by atoms with Gasteiger partial charge in [0.25, 0.3) is 0 Å². The molecule has 1 saturated heterocycles. The van der Waals surface area contributed by atoms with Crippen LogP contribution in [0.1, 0.15) is 35.1 Å². The molecule has 0 aromatic carbocycles. The normalized spacial score (nSPS) is 23.2. The lowest BCUT2D eigenvalue weighted by atomic mass is 10.2. The Balaban J connectivity index is 2.07. The van der Waals surface area contributed by atoms with Crippen LogP contribution in [-0.2, 0) is 11.3 Å². The van der Waals surface area contributed by atoms with Crippen molar-refractivity contribution in [3.05, 3.63) is 23.0 Å². The third-order valence-corrected chi connectivity index (χ3v) is 3.66. The molecular weight excluding hydrogens is 260 g/mol. The Bertz CT molecular complexity index is 472. The zero-order valence-corrected chi connectivity index (χ0v) is 11.9. The monoisotopic (exact) mass is 282 g/mol. The molecule has 0 aliphatic carbocycles. The predicted molar refractivity (Wildman–Crippen MR) is 73.4 cm³/mol. The minimum atomic E-state index is -0.396. The van der Waals surface area contributed by atoms with Gasteiger partial charge in [0.05, 0.1) is 24.9 Å². The number of aliphatic hydroxyl groups is 2. The van der Waals surface area contributed by atoms with Crippen LogP contribution in [-0.4, -0.2) is 58.0 Å². The van der Waals surface area contributed by atoms with E-state index >= 15 is 0 Å². The van der Waals surface area contributed by atoms with E-state index in [-0.39, 0.29) is 18.6 Å². The van der Waals surface area contributed by atoms with Gasteiger partial charge >= 0.3 is 5.97 Å². The first-order valence-corrected chi connectivity index (χ1v) is 6.93. The van der Waals surface area contributed by atoms with Crippen LogP contribution in [0.4, 0.5) is 0 Å². The number of nitrogens with zero attached hydrogens (tertiary/aromatic N) is 1. The fraction of sp³-hybridized carbons (Fsp3) is 0.643. The SMILES string of the molecule is CCOC(=O)c1cc(CN2C[C@@H](O)C[C@H]2CO)[nH]c1C. The molecule has 0 spiro atoms. The minimum Gasteiger partial charge on any atom is -0.462 e. The average Bonchev–Trinajstić information content (AvgIpc) is 2.93. The van der Waals surface area contributed by atoms with Crippen molar-refractivity contribution in [2.75, 3.05) is 19.8 Å². The van der Waals surface area contributed by atoms with Crippen LogP contribution in [0.15, 0.2) is 6.07 Å². The zero-order chi connectivity index (χ0) is 14.7. The number of carbonyl (C=O) groups excluding carboxylic acids is 1. The lowest BCUT2D eigenvalue weighted by Gasteiger charge is -2.21. The molecule has 2 atom stereocenters. The number of β-amino-alcohol motifs (C(OH)–C–C–N with tert-alkyl or cyclic N) is 1. The standard InChI is InChI=1S/C14H22N2O4/c1-3-20-14(19)13-4-10(15-9(13)2)6-16-7-12(18)5-11(16)8-17/h4,11-12,15,17-18H,3,5-8H2,1-2H3/t11-,12-/m0/s1. The number of aryl methyl sites for hydroxylation is 1. The maximum atomic E-state index is 11.8. The Morgan fingerprint density at radius 1 is 1.60 bits per heavy atom. The molecule has 0 saturated carbocycles. The second-order valence-corrected chi connectivity index (χ2v) is 5.21. The van der Waals surface area contributed by atoms with Gasteiger partial charge in [0.2, 0.25) is 0 Å². The minimum absolute atomic E-state index is 0.0281. The number of ether oxygens (including phenoxy) is 1. The number of hydrogen-bond acceptors (Lipinski definition) is 5. The highest BCUT2D eigenvalue weighted by Gasteiger charge is 2.30. The second kappa shape index (κ2) is 6.39. The van der Waals surface area contributed by atoms with E-state index in [1.807, 2.05) is 11.8 Å². The molecule has 0 amide bonds. The fourth-order valence-corrected chi connectivity index (χ4v) is 2.69.